The van der Waals surface area contributed by atoms with E-state index in [4.69, 9.17) is 15.2 Å². The molecule has 0 bridgehead atoms. The number of anilines is 1. The van der Waals surface area contributed by atoms with Crippen molar-refractivity contribution in [3.8, 4) is 22.8 Å². The van der Waals surface area contributed by atoms with Crippen molar-refractivity contribution in [2.24, 2.45) is 7.05 Å². The van der Waals surface area contributed by atoms with Crippen molar-refractivity contribution >= 4 is 5.82 Å². The zero-order chi connectivity index (χ0) is 15.0. The number of hydrogen-bond donors (Lipinski definition) is 1. The van der Waals surface area contributed by atoms with Gasteiger partial charge in [-0.2, -0.15) is 5.10 Å². The molecule has 1 aliphatic rings. The topological polar surface area (TPSA) is 62.3 Å². The third-order valence-corrected chi connectivity index (χ3v) is 3.73. The molecule has 0 saturated heterocycles. The normalized spacial score (nSPS) is 14.3. The number of hydrogen-bond acceptors (Lipinski definition) is 4. The maximum absolute atomic E-state index is 5.91. The summed E-state index contributed by atoms with van der Waals surface area (Å²) in [7, 11) is 1.84. The monoisotopic (exact) mass is 287 g/mol. The fraction of sp³-hybridized carbons (Fsp3) is 0.438. The lowest BCUT2D eigenvalue weighted by Crippen LogP contribution is -1.99. The minimum absolute atomic E-state index is 0.361. The predicted molar refractivity (Wildman–Crippen MR) is 82.8 cm³/mol. The number of aryl methyl sites for hydroxylation is 1. The van der Waals surface area contributed by atoms with Crippen molar-refractivity contribution in [1.29, 1.82) is 0 Å². The zero-order valence-electron chi connectivity index (χ0n) is 12.7. The van der Waals surface area contributed by atoms with Gasteiger partial charge in [0, 0.05) is 25.1 Å². The standard InChI is InChI=1S/C16H21N3O2/c1-10(2)11-7-14-15(21-6-4-5-20-14)8-12(11)13-9-16(17)19(3)18-13/h7-10H,4-6,17H2,1-3H3. The first kappa shape index (κ1) is 13.8. The van der Waals surface area contributed by atoms with Crippen LogP contribution in [0.2, 0.25) is 0 Å². The molecule has 5 heteroatoms. The van der Waals surface area contributed by atoms with E-state index in [1.165, 1.54) is 5.56 Å². The highest BCUT2D eigenvalue weighted by Crippen LogP contribution is 2.39. The summed E-state index contributed by atoms with van der Waals surface area (Å²) >= 11 is 0. The molecule has 1 aromatic carbocycles. The van der Waals surface area contributed by atoms with Gasteiger partial charge in [0.05, 0.1) is 18.9 Å². The molecule has 0 unspecified atom stereocenters. The van der Waals surface area contributed by atoms with Crippen LogP contribution in [0.25, 0.3) is 11.3 Å². The van der Waals surface area contributed by atoms with Crippen molar-refractivity contribution in [1.82, 2.24) is 9.78 Å². The number of aromatic nitrogens is 2. The summed E-state index contributed by atoms with van der Waals surface area (Å²) in [5.74, 6) is 2.62. The Kier molecular flexibility index (Phi) is 3.49. The summed E-state index contributed by atoms with van der Waals surface area (Å²) in [6.07, 6.45) is 0.900. The number of nitrogens with two attached hydrogens (primary N) is 1. The molecule has 0 radical (unpaired) electrons. The Morgan fingerprint density at radius 3 is 2.38 bits per heavy atom. The minimum Gasteiger partial charge on any atom is -0.490 e. The van der Waals surface area contributed by atoms with E-state index in [0.717, 1.165) is 29.2 Å². The van der Waals surface area contributed by atoms with Gasteiger partial charge in [0.15, 0.2) is 11.5 Å². The van der Waals surface area contributed by atoms with Gasteiger partial charge in [-0.3, -0.25) is 4.68 Å². The van der Waals surface area contributed by atoms with Gasteiger partial charge in [-0.1, -0.05) is 13.8 Å². The zero-order valence-corrected chi connectivity index (χ0v) is 12.7. The van der Waals surface area contributed by atoms with Crippen LogP contribution in [-0.4, -0.2) is 23.0 Å². The van der Waals surface area contributed by atoms with E-state index in [1.54, 1.807) is 4.68 Å². The average Bonchev–Trinajstić information content (AvgIpc) is 2.66. The average molecular weight is 287 g/mol. The van der Waals surface area contributed by atoms with Crippen molar-refractivity contribution in [3.63, 3.8) is 0 Å². The molecule has 112 valence electrons. The molecule has 3 rings (SSSR count). The van der Waals surface area contributed by atoms with Crippen LogP contribution in [-0.2, 0) is 7.05 Å². The molecule has 1 aromatic heterocycles. The molecular formula is C16H21N3O2. The molecule has 0 amide bonds. The first-order chi connectivity index (χ1) is 10.1. The number of nitrogens with zero attached hydrogens (tertiary/aromatic N) is 2. The minimum atomic E-state index is 0.361. The number of nitrogen functional groups attached to an aromatic ring is 1. The Balaban J connectivity index is 2.15. The second-order valence-corrected chi connectivity index (χ2v) is 5.67. The van der Waals surface area contributed by atoms with Crippen molar-refractivity contribution in [2.75, 3.05) is 18.9 Å². The number of rotatable bonds is 2. The Morgan fingerprint density at radius 1 is 1.14 bits per heavy atom. The fourth-order valence-corrected chi connectivity index (χ4v) is 2.54. The highest BCUT2D eigenvalue weighted by molar-refractivity contribution is 5.71. The highest BCUT2D eigenvalue weighted by atomic mass is 16.5. The quantitative estimate of drug-likeness (QED) is 0.922. The van der Waals surface area contributed by atoms with Crippen LogP contribution in [0.15, 0.2) is 18.2 Å². The summed E-state index contributed by atoms with van der Waals surface area (Å²) in [5.41, 5.74) is 9.03. The molecule has 2 N–H and O–H groups in total. The van der Waals surface area contributed by atoms with Crippen molar-refractivity contribution in [3.05, 3.63) is 23.8 Å². The maximum atomic E-state index is 5.91. The van der Waals surface area contributed by atoms with Gasteiger partial charge in [0.25, 0.3) is 0 Å². The van der Waals surface area contributed by atoms with E-state index < -0.39 is 0 Å². The van der Waals surface area contributed by atoms with E-state index in [9.17, 15) is 0 Å². The summed E-state index contributed by atoms with van der Waals surface area (Å²) < 4.78 is 13.3. The van der Waals surface area contributed by atoms with Crippen molar-refractivity contribution < 1.29 is 9.47 Å². The third kappa shape index (κ3) is 2.55. The molecule has 2 aromatic rings. The SMILES string of the molecule is CC(C)c1cc2c(cc1-c1cc(N)n(C)n1)OCCCO2. The van der Waals surface area contributed by atoms with E-state index in [2.05, 4.69) is 25.0 Å². The lowest BCUT2D eigenvalue weighted by atomic mass is 9.94. The molecule has 0 aliphatic carbocycles. The fourth-order valence-electron chi connectivity index (χ4n) is 2.54. The first-order valence-corrected chi connectivity index (χ1v) is 7.29. The molecule has 5 nitrogen and oxygen atoms in total. The van der Waals surface area contributed by atoms with Crippen LogP contribution in [0, 0.1) is 0 Å². The van der Waals surface area contributed by atoms with Crippen LogP contribution < -0.4 is 15.2 Å². The number of fused-ring (bicyclic) bond motifs is 1. The predicted octanol–water partition coefficient (Wildman–Crippen LogP) is 2.95. The van der Waals surface area contributed by atoms with Crippen LogP contribution in [0.3, 0.4) is 0 Å². The third-order valence-electron chi connectivity index (χ3n) is 3.73. The highest BCUT2D eigenvalue weighted by Gasteiger charge is 2.19. The molecule has 2 heterocycles. The molecule has 0 atom stereocenters. The Labute approximate surface area is 124 Å². The first-order valence-electron chi connectivity index (χ1n) is 7.29. The lowest BCUT2D eigenvalue weighted by Gasteiger charge is -2.16. The van der Waals surface area contributed by atoms with E-state index in [-0.39, 0.29) is 0 Å². The smallest absolute Gasteiger partial charge is 0.161 e. The summed E-state index contributed by atoms with van der Waals surface area (Å²) in [6.45, 7) is 5.70. The summed E-state index contributed by atoms with van der Waals surface area (Å²) in [6, 6.07) is 5.99. The van der Waals surface area contributed by atoms with Crippen molar-refractivity contribution in [2.45, 2.75) is 26.2 Å². The van der Waals surface area contributed by atoms with Gasteiger partial charge >= 0.3 is 0 Å². The van der Waals surface area contributed by atoms with Crippen LogP contribution in [0.4, 0.5) is 5.82 Å². The van der Waals surface area contributed by atoms with Gasteiger partial charge in [0.1, 0.15) is 5.82 Å². The summed E-state index contributed by atoms with van der Waals surface area (Å²) in [5, 5.41) is 4.49. The number of ether oxygens (including phenoxy) is 2. The second kappa shape index (κ2) is 5.31. The Bertz CT molecular complexity index is 642. The molecule has 1 aliphatic heterocycles. The van der Waals surface area contributed by atoms with E-state index >= 15 is 0 Å². The van der Waals surface area contributed by atoms with E-state index in [1.807, 2.05) is 19.2 Å². The van der Waals surface area contributed by atoms with Gasteiger partial charge in [-0.15, -0.1) is 0 Å². The van der Waals surface area contributed by atoms with Gasteiger partial charge in [-0.25, -0.2) is 0 Å². The molecule has 0 spiro atoms. The molecule has 0 saturated carbocycles. The largest absolute Gasteiger partial charge is 0.490 e. The molecule has 21 heavy (non-hydrogen) atoms. The molecular weight excluding hydrogens is 266 g/mol. The van der Waals surface area contributed by atoms with Crippen LogP contribution in [0.5, 0.6) is 11.5 Å². The molecule has 0 fully saturated rings. The second-order valence-electron chi connectivity index (χ2n) is 5.67. The number of benzene rings is 1. The van der Waals surface area contributed by atoms with Gasteiger partial charge in [0.2, 0.25) is 0 Å². The maximum Gasteiger partial charge on any atom is 0.161 e. The van der Waals surface area contributed by atoms with Gasteiger partial charge in [-0.05, 0) is 23.6 Å². The van der Waals surface area contributed by atoms with Crippen LogP contribution in [0.1, 0.15) is 31.7 Å². The van der Waals surface area contributed by atoms with Gasteiger partial charge < -0.3 is 15.2 Å². The van der Waals surface area contributed by atoms with Crippen LogP contribution >= 0.6 is 0 Å². The lowest BCUT2D eigenvalue weighted by molar-refractivity contribution is 0.297. The Morgan fingerprint density at radius 2 is 1.81 bits per heavy atom. The van der Waals surface area contributed by atoms with E-state index in [0.29, 0.717) is 24.9 Å². The Hall–Kier alpha value is -2.17. The summed E-state index contributed by atoms with van der Waals surface area (Å²) in [4.78, 5) is 0.